The number of fused-ring (bicyclic) bond motifs is 1. The minimum Gasteiger partial charge on any atom is -0.493 e. The molecule has 0 bridgehead atoms. The molecule has 4 nitrogen and oxygen atoms in total. The number of rotatable bonds is 5. The number of furan rings is 1. The lowest BCUT2D eigenvalue weighted by molar-refractivity contribution is -0.129. The smallest absolute Gasteiger partial charge is 0.247 e. The van der Waals surface area contributed by atoms with E-state index in [1.54, 1.807) is 24.5 Å². The second kappa shape index (κ2) is 8.96. The fraction of sp³-hybridized carbons (Fsp3) is 0.346. The molecule has 0 N–H and O–H groups in total. The third-order valence-electron chi connectivity index (χ3n) is 5.98. The fourth-order valence-corrected chi connectivity index (χ4v) is 4.26. The van der Waals surface area contributed by atoms with Crippen LogP contribution in [0.2, 0.25) is 0 Å². The van der Waals surface area contributed by atoms with Crippen LogP contribution in [0.25, 0.3) is 27.7 Å². The second-order valence-electron chi connectivity index (χ2n) is 8.14. The van der Waals surface area contributed by atoms with E-state index in [2.05, 4.69) is 6.92 Å². The number of hydrogen-bond donors (Lipinski definition) is 0. The Morgan fingerprint density at radius 3 is 2.74 bits per heavy atom. The Morgan fingerprint density at radius 2 is 2.03 bits per heavy atom. The van der Waals surface area contributed by atoms with Crippen molar-refractivity contribution in [3.63, 3.8) is 0 Å². The lowest BCUT2D eigenvalue weighted by atomic mass is 9.98. The van der Waals surface area contributed by atoms with Crippen LogP contribution < -0.4 is 4.74 Å². The first-order chi connectivity index (χ1) is 15.0. The molecule has 1 atom stereocenters. The van der Waals surface area contributed by atoms with E-state index in [9.17, 15) is 9.18 Å². The van der Waals surface area contributed by atoms with E-state index in [0.29, 0.717) is 17.9 Å². The predicted octanol–water partition coefficient (Wildman–Crippen LogP) is 6.44. The van der Waals surface area contributed by atoms with Crippen molar-refractivity contribution in [1.82, 2.24) is 4.90 Å². The molecule has 4 rings (SSSR count). The van der Waals surface area contributed by atoms with E-state index < -0.39 is 0 Å². The number of amides is 1. The van der Waals surface area contributed by atoms with Crippen molar-refractivity contribution < 1.29 is 18.3 Å². The van der Waals surface area contributed by atoms with Gasteiger partial charge in [0.05, 0.1) is 12.9 Å². The number of hydrogen-bond acceptors (Lipinski definition) is 3. The standard InChI is InChI=1S/C26H28FNO3/c1-4-30-24-15-25-22(23(16-31-25)19-8-10-20(27)11-9-19)14-21(24)17(2)13-26(29)28-12-6-5-7-18(28)3/h8-11,13-16,18H,4-7,12H2,1-3H3/b17-13+. The molecule has 1 aliphatic rings. The van der Waals surface area contributed by atoms with Gasteiger partial charge in [0.25, 0.3) is 0 Å². The summed E-state index contributed by atoms with van der Waals surface area (Å²) in [5, 5.41) is 0.900. The van der Waals surface area contributed by atoms with E-state index in [4.69, 9.17) is 9.15 Å². The van der Waals surface area contributed by atoms with Crippen molar-refractivity contribution in [2.45, 2.75) is 46.1 Å². The van der Waals surface area contributed by atoms with E-state index in [1.807, 2.05) is 30.9 Å². The molecule has 1 unspecified atom stereocenters. The number of nitrogens with zero attached hydrogens (tertiary/aromatic N) is 1. The molecule has 2 heterocycles. The average molecular weight is 422 g/mol. The molecule has 3 aromatic rings. The highest BCUT2D eigenvalue weighted by molar-refractivity contribution is 6.00. The first-order valence-corrected chi connectivity index (χ1v) is 10.9. The summed E-state index contributed by atoms with van der Waals surface area (Å²) in [4.78, 5) is 14.9. The Morgan fingerprint density at radius 1 is 1.26 bits per heavy atom. The Hall–Kier alpha value is -3.08. The molecule has 1 saturated heterocycles. The monoisotopic (exact) mass is 421 g/mol. The summed E-state index contributed by atoms with van der Waals surface area (Å²) >= 11 is 0. The molecule has 5 heteroatoms. The predicted molar refractivity (Wildman–Crippen MR) is 121 cm³/mol. The summed E-state index contributed by atoms with van der Waals surface area (Å²) in [5.74, 6) is 0.446. The van der Waals surface area contributed by atoms with Gasteiger partial charge in [-0.2, -0.15) is 0 Å². The van der Waals surface area contributed by atoms with Gasteiger partial charge in [0.1, 0.15) is 17.1 Å². The first kappa shape index (κ1) is 21.2. The highest BCUT2D eigenvalue weighted by Crippen LogP contribution is 2.37. The summed E-state index contributed by atoms with van der Waals surface area (Å²) < 4.78 is 25.0. The number of allylic oxidation sites excluding steroid dienone is 1. The summed E-state index contributed by atoms with van der Waals surface area (Å²) in [7, 11) is 0. The van der Waals surface area contributed by atoms with Gasteiger partial charge in [-0.3, -0.25) is 4.79 Å². The molecular weight excluding hydrogens is 393 g/mol. The van der Waals surface area contributed by atoms with Crippen molar-refractivity contribution in [3.8, 4) is 16.9 Å². The number of piperidine rings is 1. The summed E-state index contributed by atoms with van der Waals surface area (Å²) in [6.45, 7) is 7.29. The Bertz CT molecular complexity index is 1110. The molecule has 1 amide bonds. The molecule has 31 heavy (non-hydrogen) atoms. The Balaban J connectivity index is 1.75. The maximum absolute atomic E-state index is 13.4. The molecule has 2 aromatic carbocycles. The van der Waals surface area contributed by atoms with Crippen molar-refractivity contribution in [2.75, 3.05) is 13.2 Å². The molecule has 1 fully saturated rings. The van der Waals surface area contributed by atoms with Crippen LogP contribution >= 0.6 is 0 Å². The van der Waals surface area contributed by atoms with Crippen LogP contribution in [0.15, 0.2) is 53.2 Å². The van der Waals surface area contributed by atoms with E-state index in [1.165, 1.54) is 18.6 Å². The zero-order valence-electron chi connectivity index (χ0n) is 18.3. The number of carbonyl (C=O) groups is 1. The van der Waals surface area contributed by atoms with Crippen LogP contribution in [-0.4, -0.2) is 30.0 Å². The highest BCUT2D eigenvalue weighted by Gasteiger charge is 2.22. The van der Waals surface area contributed by atoms with Crippen LogP contribution in [0, 0.1) is 5.82 Å². The number of likely N-dealkylation sites (tertiary alicyclic amines) is 1. The maximum Gasteiger partial charge on any atom is 0.247 e. The largest absolute Gasteiger partial charge is 0.493 e. The van der Waals surface area contributed by atoms with Crippen molar-refractivity contribution >= 4 is 22.4 Å². The number of ether oxygens (including phenoxy) is 1. The van der Waals surface area contributed by atoms with Gasteiger partial charge in [0.15, 0.2) is 0 Å². The number of benzene rings is 2. The Kier molecular flexibility index (Phi) is 6.12. The van der Waals surface area contributed by atoms with E-state index in [-0.39, 0.29) is 17.8 Å². The summed E-state index contributed by atoms with van der Waals surface area (Å²) in [6.07, 6.45) is 6.66. The molecule has 1 aliphatic heterocycles. The maximum atomic E-state index is 13.4. The molecule has 0 spiro atoms. The third-order valence-corrected chi connectivity index (χ3v) is 5.98. The SMILES string of the molecule is CCOc1cc2occ(-c3ccc(F)cc3)c2cc1/C(C)=C/C(=O)N1CCCCC1C. The van der Waals surface area contributed by atoms with Crippen molar-refractivity contribution in [2.24, 2.45) is 0 Å². The minimum atomic E-state index is -0.278. The summed E-state index contributed by atoms with van der Waals surface area (Å²) in [6, 6.07) is 10.5. The lowest BCUT2D eigenvalue weighted by Gasteiger charge is -2.32. The van der Waals surface area contributed by atoms with Crippen LogP contribution in [0.4, 0.5) is 4.39 Å². The molecule has 0 aliphatic carbocycles. The molecule has 162 valence electrons. The van der Waals surface area contributed by atoms with Gasteiger partial charge in [-0.1, -0.05) is 12.1 Å². The van der Waals surface area contributed by atoms with Gasteiger partial charge in [0.2, 0.25) is 5.91 Å². The fourth-order valence-electron chi connectivity index (χ4n) is 4.26. The average Bonchev–Trinajstić information content (AvgIpc) is 3.17. The summed E-state index contributed by atoms with van der Waals surface area (Å²) in [5.41, 5.74) is 4.14. The van der Waals surface area contributed by atoms with E-state index in [0.717, 1.165) is 47.0 Å². The first-order valence-electron chi connectivity index (χ1n) is 10.9. The van der Waals surface area contributed by atoms with Gasteiger partial charge >= 0.3 is 0 Å². The number of halogens is 1. The van der Waals surface area contributed by atoms with Crippen LogP contribution in [-0.2, 0) is 4.79 Å². The lowest BCUT2D eigenvalue weighted by Crippen LogP contribution is -2.41. The third kappa shape index (κ3) is 4.36. The van der Waals surface area contributed by atoms with Crippen LogP contribution in [0.3, 0.4) is 0 Å². The quantitative estimate of drug-likeness (QED) is 0.445. The van der Waals surface area contributed by atoms with E-state index >= 15 is 0 Å². The minimum absolute atomic E-state index is 0.0400. The molecule has 0 radical (unpaired) electrons. The van der Waals surface area contributed by atoms with Crippen LogP contribution in [0.5, 0.6) is 5.75 Å². The second-order valence-corrected chi connectivity index (χ2v) is 8.14. The zero-order valence-corrected chi connectivity index (χ0v) is 18.3. The molecule has 0 saturated carbocycles. The van der Waals surface area contributed by atoms with Gasteiger partial charge in [-0.15, -0.1) is 0 Å². The Labute approximate surface area is 182 Å². The van der Waals surface area contributed by atoms with Gasteiger partial charge in [-0.05, 0) is 69.4 Å². The van der Waals surface area contributed by atoms with Gasteiger partial charge in [0, 0.05) is 41.2 Å². The highest BCUT2D eigenvalue weighted by atomic mass is 19.1. The van der Waals surface area contributed by atoms with Crippen LogP contribution in [0.1, 0.15) is 45.6 Å². The zero-order chi connectivity index (χ0) is 22.0. The normalized spacial score (nSPS) is 17.2. The van der Waals surface area contributed by atoms with Gasteiger partial charge < -0.3 is 14.1 Å². The topological polar surface area (TPSA) is 42.7 Å². The molecule has 1 aromatic heterocycles. The van der Waals surface area contributed by atoms with Crippen molar-refractivity contribution in [1.29, 1.82) is 0 Å². The van der Waals surface area contributed by atoms with Crippen molar-refractivity contribution in [3.05, 3.63) is 60.1 Å². The van der Waals surface area contributed by atoms with Gasteiger partial charge in [-0.25, -0.2) is 4.39 Å². The number of carbonyl (C=O) groups excluding carboxylic acids is 1. The molecular formula is C26H28FNO3.